The summed E-state index contributed by atoms with van der Waals surface area (Å²) < 4.78 is 0.855. The highest BCUT2D eigenvalue weighted by atomic mass is 79.9. The van der Waals surface area contributed by atoms with Crippen LogP contribution in [0.1, 0.15) is 31.4 Å². The van der Waals surface area contributed by atoms with E-state index in [1.807, 2.05) is 0 Å². The molecule has 3 aliphatic rings. The lowest BCUT2D eigenvalue weighted by Gasteiger charge is -2.46. The van der Waals surface area contributed by atoms with Gasteiger partial charge >= 0.3 is 0 Å². The van der Waals surface area contributed by atoms with Gasteiger partial charge in [-0.05, 0) is 28.3 Å². The summed E-state index contributed by atoms with van der Waals surface area (Å²) in [4.78, 5) is 14.3. The predicted molar refractivity (Wildman–Crippen MR) is 84.0 cm³/mol. The maximum Gasteiger partial charge on any atom is 0.148 e. The van der Waals surface area contributed by atoms with E-state index in [-0.39, 0.29) is 0 Å². The van der Waals surface area contributed by atoms with Gasteiger partial charge in [0.05, 0.1) is 16.2 Å². The summed E-state index contributed by atoms with van der Waals surface area (Å²) in [6.45, 7) is 9.97. The number of aromatic nitrogens is 2. The maximum absolute atomic E-state index is 6.29. The van der Waals surface area contributed by atoms with Crippen molar-refractivity contribution in [1.29, 1.82) is 0 Å². The van der Waals surface area contributed by atoms with Crippen LogP contribution in [0.5, 0.6) is 0 Å². The number of hydrogen-bond acceptors (Lipinski definition) is 4. The zero-order valence-electron chi connectivity index (χ0n) is 11.9. The van der Waals surface area contributed by atoms with Crippen LogP contribution in [0.15, 0.2) is 4.47 Å². The summed E-state index contributed by atoms with van der Waals surface area (Å²) in [5.41, 5.74) is 1.03. The summed E-state index contributed by atoms with van der Waals surface area (Å²) in [7, 11) is 0. The minimum Gasteiger partial charge on any atom is -0.299 e. The lowest BCUT2D eigenvalue weighted by atomic mass is 10.1. The number of rotatable bonds is 3. The quantitative estimate of drug-likeness (QED) is 0.777. The van der Waals surface area contributed by atoms with Gasteiger partial charge in [0.15, 0.2) is 0 Å². The van der Waals surface area contributed by atoms with E-state index in [4.69, 9.17) is 16.6 Å². The summed E-state index contributed by atoms with van der Waals surface area (Å²) in [5.74, 6) is 1.44. The second kappa shape index (κ2) is 5.87. The molecule has 3 fully saturated rings. The second-order valence-electron chi connectivity index (χ2n) is 6.08. The molecule has 1 unspecified atom stereocenters. The van der Waals surface area contributed by atoms with Crippen LogP contribution in [0.25, 0.3) is 0 Å². The second-order valence-corrected chi connectivity index (χ2v) is 7.23. The Hall–Kier alpha value is -0.230. The van der Waals surface area contributed by atoms with Crippen LogP contribution in [0.4, 0.5) is 0 Å². The van der Waals surface area contributed by atoms with Crippen LogP contribution in [-0.2, 0) is 6.42 Å². The van der Waals surface area contributed by atoms with Gasteiger partial charge in [0, 0.05) is 32.7 Å². The van der Waals surface area contributed by atoms with E-state index in [2.05, 4.69) is 44.6 Å². The molecule has 4 nitrogen and oxygen atoms in total. The van der Waals surface area contributed by atoms with Crippen molar-refractivity contribution in [3.8, 4) is 0 Å². The van der Waals surface area contributed by atoms with Crippen LogP contribution < -0.4 is 0 Å². The van der Waals surface area contributed by atoms with Crippen molar-refractivity contribution in [2.45, 2.75) is 26.3 Å². The molecule has 1 aromatic heterocycles. The van der Waals surface area contributed by atoms with Gasteiger partial charge in [-0.3, -0.25) is 9.80 Å². The van der Waals surface area contributed by atoms with Crippen LogP contribution in [0.3, 0.4) is 0 Å². The Morgan fingerprint density at radius 1 is 1.25 bits per heavy atom. The third-order valence-electron chi connectivity index (χ3n) is 4.08. The average Bonchev–Trinajstić information content (AvgIpc) is 2.44. The molecule has 0 saturated carbocycles. The van der Waals surface area contributed by atoms with Gasteiger partial charge in [0.2, 0.25) is 0 Å². The van der Waals surface area contributed by atoms with E-state index in [0.717, 1.165) is 42.0 Å². The highest BCUT2D eigenvalue weighted by molar-refractivity contribution is 9.10. The zero-order valence-corrected chi connectivity index (χ0v) is 14.3. The topological polar surface area (TPSA) is 32.3 Å². The Bertz CT molecular complexity index is 500. The largest absolute Gasteiger partial charge is 0.299 e. The molecular formula is C14H20BrClN4. The molecule has 20 heavy (non-hydrogen) atoms. The van der Waals surface area contributed by atoms with E-state index in [1.54, 1.807) is 0 Å². The highest BCUT2D eigenvalue weighted by Crippen LogP contribution is 2.31. The van der Waals surface area contributed by atoms with Gasteiger partial charge in [-0.25, -0.2) is 9.97 Å². The number of fused-ring (bicyclic) bond motifs is 3. The Balaban J connectivity index is 1.91. The normalized spacial score (nSPS) is 29.1. The molecule has 0 aliphatic carbocycles. The van der Waals surface area contributed by atoms with E-state index >= 15 is 0 Å². The van der Waals surface area contributed by atoms with Gasteiger partial charge in [0.1, 0.15) is 11.0 Å². The van der Waals surface area contributed by atoms with Gasteiger partial charge in [0.25, 0.3) is 0 Å². The van der Waals surface area contributed by atoms with Crippen molar-refractivity contribution in [2.75, 3.05) is 32.7 Å². The van der Waals surface area contributed by atoms with Gasteiger partial charge in [-0.1, -0.05) is 25.4 Å². The number of halogens is 2. The fourth-order valence-electron chi connectivity index (χ4n) is 3.01. The van der Waals surface area contributed by atoms with E-state index < -0.39 is 0 Å². The van der Waals surface area contributed by atoms with Crippen molar-refractivity contribution in [3.05, 3.63) is 21.1 Å². The third-order valence-corrected chi connectivity index (χ3v) is 5.41. The average molecular weight is 360 g/mol. The number of nitrogens with zero attached hydrogens (tertiary/aromatic N) is 4. The van der Waals surface area contributed by atoms with Crippen LogP contribution >= 0.6 is 27.5 Å². The molecule has 0 aromatic carbocycles. The monoisotopic (exact) mass is 358 g/mol. The maximum atomic E-state index is 6.29. The molecule has 4 heterocycles. The Kier molecular flexibility index (Phi) is 4.32. The molecule has 1 atom stereocenters. The molecule has 1 aromatic rings. The van der Waals surface area contributed by atoms with Crippen molar-refractivity contribution in [3.63, 3.8) is 0 Å². The van der Waals surface area contributed by atoms with E-state index in [9.17, 15) is 0 Å². The molecule has 0 spiro atoms. The zero-order chi connectivity index (χ0) is 14.3. The van der Waals surface area contributed by atoms with Gasteiger partial charge < -0.3 is 0 Å². The molecule has 4 rings (SSSR count). The standard InChI is InChI=1S/C14H20BrClN4/c1-9(2)7-10-12(15)13(16)18-14(17-10)11-8-19-3-5-20(11)6-4-19/h9,11H,3-8H2,1-2H3. The molecule has 3 saturated heterocycles. The third kappa shape index (κ3) is 2.86. The Morgan fingerprint density at radius 2 is 1.95 bits per heavy atom. The highest BCUT2D eigenvalue weighted by Gasteiger charge is 2.35. The lowest BCUT2D eigenvalue weighted by Crippen LogP contribution is -2.57. The molecule has 0 N–H and O–H groups in total. The van der Waals surface area contributed by atoms with Crippen molar-refractivity contribution >= 4 is 27.5 Å². The molecular weight excluding hydrogens is 340 g/mol. The van der Waals surface area contributed by atoms with Gasteiger partial charge in [-0.2, -0.15) is 0 Å². The summed E-state index contributed by atoms with van der Waals surface area (Å²) in [6, 6.07) is 0.300. The van der Waals surface area contributed by atoms with E-state index in [0.29, 0.717) is 17.1 Å². The molecule has 0 amide bonds. The summed E-state index contributed by atoms with van der Waals surface area (Å²) >= 11 is 9.82. The van der Waals surface area contributed by atoms with E-state index in [1.165, 1.54) is 13.1 Å². The SMILES string of the molecule is CC(C)Cc1nc(C2CN3CCN2CC3)nc(Cl)c1Br. The first-order chi connectivity index (χ1) is 9.54. The molecule has 2 bridgehead atoms. The smallest absolute Gasteiger partial charge is 0.148 e. The molecule has 110 valence electrons. The minimum absolute atomic E-state index is 0.300. The van der Waals surface area contributed by atoms with Gasteiger partial charge in [-0.15, -0.1) is 0 Å². The van der Waals surface area contributed by atoms with Crippen molar-refractivity contribution < 1.29 is 0 Å². The first kappa shape index (κ1) is 14.7. The molecule has 0 radical (unpaired) electrons. The first-order valence-corrected chi connectivity index (χ1v) is 8.40. The number of piperazine rings is 3. The first-order valence-electron chi connectivity index (χ1n) is 7.23. The minimum atomic E-state index is 0.300. The molecule has 3 aliphatic heterocycles. The summed E-state index contributed by atoms with van der Waals surface area (Å²) in [6.07, 6.45) is 0.923. The fraction of sp³-hybridized carbons (Fsp3) is 0.714. The van der Waals surface area contributed by atoms with Crippen LogP contribution in [0, 0.1) is 5.92 Å². The van der Waals surface area contributed by atoms with Crippen LogP contribution in [0.2, 0.25) is 5.15 Å². The lowest BCUT2D eigenvalue weighted by molar-refractivity contribution is 0.00854. The predicted octanol–water partition coefficient (Wildman–Crippen LogP) is 2.76. The van der Waals surface area contributed by atoms with Crippen molar-refractivity contribution in [2.24, 2.45) is 5.92 Å². The Morgan fingerprint density at radius 3 is 2.50 bits per heavy atom. The number of hydrogen-bond donors (Lipinski definition) is 0. The fourth-order valence-corrected chi connectivity index (χ4v) is 3.55. The van der Waals surface area contributed by atoms with Crippen molar-refractivity contribution in [1.82, 2.24) is 19.8 Å². The Labute approximate surface area is 133 Å². The van der Waals surface area contributed by atoms with Crippen LogP contribution in [-0.4, -0.2) is 52.5 Å². The molecule has 6 heteroatoms. The summed E-state index contributed by atoms with van der Waals surface area (Å²) in [5, 5.41) is 0.545.